The Morgan fingerprint density at radius 3 is 2.31 bits per heavy atom. The lowest BCUT2D eigenvalue weighted by molar-refractivity contribution is 0.284. The van der Waals surface area contributed by atoms with Crippen molar-refractivity contribution < 1.29 is 18.6 Å². The number of methoxy groups -OCH3 is 2. The Hall–Kier alpha value is -3.12. The van der Waals surface area contributed by atoms with Gasteiger partial charge in [-0.3, -0.25) is 0 Å². The molecule has 0 spiro atoms. The first-order valence-corrected chi connectivity index (χ1v) is 9.47. The van der Waals surface area contributed by atoms with Crippen LogP contribution >= 0.6 is 12.2 Å². The van der Waals surface area contributed by atoms with Crippen molar-refractivity contribution in [2.45, 2.75) is 13.2 Å². The standard InChI is InChI=1S/C23H22FNO3S/c1-26-20-8-4-3-6-17(20)14-25-23(29)19-7-5-9-21(27-2)22(19)28-15-16-10-12-18(24)13-11-16/h3-13H,14-15H2,1-2H3,(H,25,29). The Kier molecular flexibility index (Phi) is 7.03. The number of halogens is 1. The molecule has 0 aliphatic carbocycles. The van der Waals surface area contributed by atoms with Crippen molar-refractivity contribution in [1.29, 1.82) is 0 Å². The molecule has 4 nitrogen and oxygen atoms in total. The summed E-state index contributed by atoms with van der Waals surface area (Å²) < 4.78 is 30.0. The summed E-state index contributed by atoms with van der Waals surface area (Å²) in [6.07, 6.45) is 0. The molecule has 0 aromatic heterocycles. The van der Waals surface area contributed by atoms with Crippen molar-refractivity contribution in [2.75, 3.05) is 14.2 Å². The summed E-state index contributed by atoms with van der Waals surface area (Å²) in [5.74, 6) is 1.62. The van der Waals surface area contributed by atoms with Gasteiger partial charge in [0, 0.05) is 12.1 Å². The van der Waals surface area contributed by atoms with E-state index in [4.69, 9.17) is 26.4 Å². The van der Waals surface area contributed by atoms with E-state index in [-0.39, 0.29) is 12.4 Å². The molecule has 0 fully saturated rings. The first-order chi connectivity index (χ1) is 14.1. The molecule has 0 aliphatic heterocycles. The second kappa shape index (κ2) is 9.89. The van der Waals surface area contributed by atoms with Gasteiger partial charge in [0.25, 0.3) is 0 Å². The molecule has 0 saturated heterocycles. The van der Waals surface area contributed by atoms with Crippen LogP contribution in [-0.2, 0) is 13.2 Å². The molecule has 0 heterocycles. The van der Waals surface area contributed by atoms with E-state index in [1.807, 2.05) is 42.5 Å². The lowest BCUT2D eigenvalue weighted by atomic mass is 10.1. The SMILES string of the molecule is COc1ccccc1CNC(=S)c1cccc(OC)c1OCc1ccc(F)cc1. The third-order valence-corrected chi connectivity index (χ3v) is 4.74. The molecule has 3 aromatic carbocycles. The zero-order valence-corrected chi connectivity index (χ0v) is 17.1. The molecule has 6 heteroatoms. The molecule has 0 aliphatic rings. The third-order valence-electron chi connectivity index (χ3n) is 4.37. The van der Waals surface area contributed by atoms with Gasteiger partial charge in [0.15, 0.2) is 11.5 Å². The van der Waals surface area contributed by atoms with E-state index in [9.17, 15) is 4.39 Å². The van der Waals surface area contributed by atoms with Gasteiger partial charge in [0.05, 0.1) is 19.8 Å². The molecular weight excluding hydrogens is 389 g/mol. The molecule has 0 unspecified atom stereocenters. The largest absolute Gasteiger partial charge is 0.496 e. The van der Waals surface area contributed by atoms with Crippen molar-refractivity contribution in [3.63, 3.8) is 0 Å². The van der Waals surface area contributed by atoms with Gasteiger partial charge in [0.2, 0.25) is 0 Å². The molecule has 3 rings (SSSR count). The molecule has 0 amide bonds. The van der Waals surface area contributed by atoms with Crippen LogP contribution in [0.1, 0.15) is 16.7 Å². The highest BCUT2D eigenvalue weighted by molar-refractivity contribution is 7.80. The Labute approximate surface area is 175 Å². The topological polar surface area (TPSA) is 39.7 Å². The van der Waals surface area contributed by atoms with Gasteiger partial charge < -0.3 is 19.5 Å². The van der Waals surface area contributed by atoms with Crippen LogP contribution in [0.15, 0.2) is 66.7 Å². The highest BCUT2D eigenvalue weighted by atomic mass is 32.1. The number of hydrogen-bond acceptors (Lipinski definition) is 4. The smallest absolute Gasteiger partial charge is 0.171 e. The minimum absolute atomic E-state index is 0.267. The Bertz CT molecular complexity index is 976. The summed E-state index contributed by atoms with van der Waals surface area (Å²) in [7, 11) is 3.22. The molecule has 150 valence electrons. The van der Waals surface area contributed by atoms with Crippen molar-refractivity contribution in [3.05, 3.63) is 89.2 Å². The van der Waals surface area contributed by atoms with Crippen molar-refractivity contribution in [2.24, 2.45) is 0 Å². The van der Waals surface area contributed by atoms with E-state index in [0.29, 0.717) is 23.0 Å². The zero-order chi connectivity index (χ0) is 20.6. The van der Waals surface area contributed by atoms with Crippen molar-refractivity contribution >= 4 is 17.2 Å². The summed E-state index contributed by atoms with van der Waals surface area (Å²) in [5.41, 5.74) is 2.56. The van der Waals surface area contributed by atoms with Crippen LogP contribution in [0.4, 0.5) is 4.39 Å². The maximum Gasteiger partial charge on any atom is 0.171 e. The molecule has 1 N–H and O–H groups in total. The minimum Gasteiger partial charge on any atom is -0.496 e. The van der Waals surface area contributed by atoms with E-state index in [1.165, 1.54) is 12.1 Å². The van der Waals surface area contributed by atoms with E-state index in [2.05, 4.69) is 5.32 Å². The predicted molar refractivity (Wildman–Crippen MR) is 115 cm³/mol. The van der Waals surface area contributed by atoms with Gasteiger partial charge in [-0.2, -0.15) is 0 Å². The number of ether oxygens (including phenoxy) is 3. The minimum atomic E-state index is -0.284. The molecule has 0 atom stereocenters. The fourth-order valence-corrected chi connectivity index (χ4v) is 3.09. The zero-order valence-electron chi connectivity index (χ0n) is 16.3. The summed E-state index contributed by atoms with van der Waals surface area (Å²) in [4.78, 5) is 0.531. The van der Waals surface area contributed by atoms with Crippen LogP contribution in [0.2, 0.25) is 0 Å². The van der Waals surface area contributed by atoms with Gasteiger partial charge in [-0.25, -0.2) is 4.39 Å². The van der Waals surface area contributed by atoms with Crippen LogP contribution in [0.25, 0.3) is 0 Å². The number of hydrogen-bond donors (Lipinski definition) is 1. The van der Waals surface area contributed by atoms with Crippen LogP contribution in [0.3, 0.4) is 0 Å². The number of nitrogens with one attached hydrogen (secondary N) is 1. The van der Waals surface area contributed by atoms with Crippen LogP contribution in [0.5, 0.6) is 17.2 Å². The second-order valence-electron chi connectivity index (χ2n) is 6.25. The Morgan fingerprint density at radius 1 is 0.897 bits per heavy atom. The van der Waals surface area contributed by atoms with Crippen LogP contribution in [0, 0.1) is 5.82 Å². The Morgan fingerprint density at radius 2 is 1.59 bits per heavy atom. The number of rotatable bonds is 8. The molecule has 0 saturated carbocycles. The predicted octanol–water partition coefficient (Wildman–Crippen LogP) is 4.89. The normalized spacial score (nSPS) is 10.3. The first kappa shape index (κ1) is 20.6. The summed E-state index contributed by atoms with van der Waals surface area (Å²) in [5, 5.41) is 3.25. The van der Waals surface area contributed by atoms with Gasteiger partial charge in [-0.1, -0.05) is 48.6 Å². The van der Waals surface area contributed by atoms with Crippen LogP contribution < -0.4 is 19.5 Å². The third kappa shape index (κ3) is 5.23. The average molecular weight is 411 g/mol. The highest BCUT2D eigenvalue weighted by Crippen LogP contribution is 2.32. The van der Waals surface area contributed by atoms with E-state index < -0.39 is 0 Å². The van der Waals surface area contributed by atoms with Crippen LogP contribution in [-0.4, -0.2) is 19.2 Å². The fraction of sp³-hybridized carbons (Fsp3) is 0.174. The maximum absolute atomic E-state index is 13.1. The number of para-hydroxylation sites is 2. The highest BCUT2D eigenvalue weighted by Gasteiger charge is 2.15. The molecule has 29 heavy (non-hydrogen) atoms. The molecule has 0 bridgehead atoms. The van der Waals surface area contributed by atoms with Gasteiger partial charge in [-0.15, -0.1) is 0 Å². The van der Waals surface area contributed by atoms with E-state index in [0.717, 1.165) is 22.4 Å². The summed E-state index contributed by atoms with van der Waals surface area (Å²) in [6.45, 7) is 0.778. The quantitative estimate of drug-likeness (QED) is 0.535. The number of thiocarbonyl (C=S) groups is 1. The van der Waals surface area contributed by atoms with Crippen molar-refractivity contribution in [1.82, 2.24) is 5.32 Å². The van der Waals surface area contributed by atoms with E-state index in [1.54, 1.807) is 26.4 Å². The van der Waals surface area contributed by atoms with Gasteiger partial charge in [0.1, 0.15) is 23.2 Å². The molecular formula is C23H22FNO3S. The lowest BCUT2D eigenvalue weighted by Gasteiger charge is -2.17. The second-order valence-corrected chi connectivity index (χ2v) is 6.65. The molecule has 0 radical (unpaired) electrons. The average Bonchev–Trinajstić information content (AvgIpc) is 2.77. The molecule has 3 aromatic rings. The summed E-state index contributed by atoms with van der Waals surface area (Å²) in [6, 6.07) is 19.5. The van der Waals surface area contributed by atoms with Gasteiger partial charge in [-0.05, 0) is 35.9 Å². The van der Waals surface area contributed by atoms with Crippen molar-refractivity contribution in [3.8, 4) is 17.2 Å². The monoisotopic (exact) mass is 411 g/mol. The number of benzene rings is 3. The Balaban J connectivity index is 1.77. The first-order valence-electron chi connectivity index (χ1n) is 9.06. The maximum atomic E-state index is 13.1. The lowest BCUT2D eigenvalue weighted by Crippen LogP contribution is -2.23. The van der Waals surface area contributed by atoms with E-state index >= 15 is 0 Å². The summed E-state index contributed by atoms with van der Waals surface area (Å²) >= 11 is 5.61. The fourth-order valence-electron chi connectivity index (χ4n) is 2.86. The van der Waals surface area contributed by atoms with Gasteiger partial charge >= 0.3 is 0 Å².